The first-order valence-electron chi connectivity index (χ1n) is 9.24. The van der Waals surface area contributed by atoms with Crippen molar-refractivity contribution < 1.29 is 0 Å². The first-order valence-corrected chi connectivity index (χ1v) is 9.62. The van der Waals surface area contributed by atoms with Crippen molar-refractivity contribution in [3.63, 3.8) is 0 Å². The molecule has 1 aliphatic carbocycles. The Bertz CT molecular complexity index is 813. The summed E-state index contributed by atoms with van der Waals surface area (Å²) in [6.07, 6.45) is 3.80. The second-order valence-electron chi connectivity index (χ2n) is 7.30. The lowest BCUT2D eigenvalue weighted by molar-refractivity contribution is 0.322. The first-order chi connectivity index (χ1) is 12.3. The number of benzene rings is 2. The van der Waals surface area contributed by atoms with Gasteiger partial charge in [-0.1, -0.05) is 41.9 Å². The number of aliphatic imine (C=N–C) groups is 1. The van der Waals surface area contributed by atoms with Crippen LogP contribution in [0.2, 0.25) is 5.02 Å². The minimum Gasteiger partial charge on any atom is -0.331 e. The predicted molar refractivity (Wildman–Crippen MR) is 103 cm³/mol. The third-order valence-corrected chi connectivity index (χ3v) is 5.68. The SMILES string of the molecule is Clc1ccc2c(c1)C(c1ccccc1)N1CCCN=C1N2CC1CC1. The van der Waals surface area contributed by atoms with Crippen LogP contribution >= 0.6 is 11.6 Å². The van der Waals surface area contributed by atoms with Gasteiger partial charge in [0.1, 0.15) is 0 Å². The molecule has 0 spiro atoms. The van der Waals surface area contributed by atoms with Gasteiger partial charge in [-0.25, -0.2) is 0 Å². The van der Waals surface area contributed by atoms with Crippen LogP contribution in [0.4, 0.5) is 5.69 Å². The molecule has 0 amide bonds. The zero-order valence-electron chi connectivity index (χ0n) is 14.2. The fourth-order valence-electron chi connectivity index (χ4n) is 4.10. The van der Waals surface area contributed by atoms with Gasteiger partial charge in [0, 0.05) is 35.9 Å². The molecule has 0 saturated heterocycles. The Morgan fingerprint density at radius 1 is 1.08 bits per heavy atom. The molecule has 3 nitrogen and oxygen atoms in total. The smallest absolute Gasteiger partial charge is 0.201 e. The van der Waals surface area contributed by atoms with Crippen molar-refractivity contribution in [1.29, 1.82) is 0 Å². The molecule has 1 saturated carbocycles. The highest BCUT2D eigenvalue weighted by Gasteiger charge is 2.39. The van der Waals surface area contributed by atoms with Crippen LogP contribution in [0.5, 0.6) is 0 Å². The Morgan fingerprint density at radius 2 is 1.92 bits per heavy atom. The molecule has 128 valence electrons. The summed E-state index contributed by atoms with van der Waals surface area (Å²) in [4.78, 5) is 9.88. The molecule has 1 atom stereocenters. The topological polar surface area (TPSA) is 18.8 Å². The van der Waals surface area contributed by atoms with Crippen molar-refractivity contribution in [2.24, 2.45) is 10.9 Å². The molecule has 3 aliphatic rings. The van der Waals surface area contributed by atoms with Crippen molar-refractivity contribution in [1.82, 2.24) is 4.90 Å². The molecule has 1 unspecified atom stereocenters. The molecule has 0 bridgehead atoms. The van der Waals surface area contributed by atoms with Crippen molar-refractivity contribution in [2.75, 3.05) is 24.5 Å². The number of hydrogen-bond donors (Lipinski definition) is 0. The molecule has 0 N–H and O–H groups in total. The van der Waals surface area contributed by atoms with E-state index < -0.39 is 0 Å². The number of hydrogen-bond acceptors (Lipinski definition) is 3. The summed E-state index contributed by atoms with van der Waals surface area (Å²) >= 11 is 6.40. The van der Waals surface area contributed by atoms with E-state index in [-0.39, 0.29) is 6.04 Å². The van der Waals surface area contributed by atoms with E-state index >= 15 is 0 Å². The van der Waals surface area contributed by atoms with E-state index in [1.807, 2.05) is 6.07 Å². The van der Waals surface area contributed by atoms with Gasteiger partial charge in [-0.05, 0) is 48.9 Å². The van der Waals surface area contributed by atoms with E-state index in [0.717, 1.165) is 43.0 Å². The van der Waals surface area contributed by atoms with Crippen molar-refractivity contribution in [3.05, 3.63) is 64.7 Å². The van der Waals surface area contributed by atoms with Gasteiger partial charge in [0.15, 0.2) is 0 Å². The van der Waals surface area contributed by atoms with Crippen molar-refractivity contribution >= 4 is 23.2 Å². The van der Waals surface area contributed by atoms with Crippen molar-refractivity contribution in [2.45, 2.75) is 25.3 Å². The summed E-state index contributed by atoms with van der Waals surface area (Å²) in [5.74, 6) is 1.96. The van der Waals surface area contributed by atoms with Gasteiger partial charge in [-0.3, -0.25) is 4.99 Å². The molecule has 2 aliphatic heterocycles. The molecule has 5 rings (SSSR count). The van der Waals surface area contributed by atoms with Crippen LogP contribution in [0.15, 0.2) is 53.5 Å². The molecule has 2 heterocycles. The largest absolute Gasteiger partial charge is 0.331 e. The summed E-state index contributed by atoms with van der Waals surface area (Å²) in [7, 11) is 0. The second-order valence-corrected chi connectivity index (χ2v) is 7.74. The standard InChI is InChI=1S/C21H22ClN3/c22-17-9-10-19-18(13-17)20(16-5-2-1-3-6-16)24-12-4-11-23-21(24)25(19)14-15-7-8-15/h1-3,5-6,9-10,13,15,20H,4,7-8,11-12,14H2. The van der Waals surface area contributed by atoms with Gasteiger partial charge in [0.2, 0.25) is 5.96 Å². The quantitative estimate of drug-likeness (QED) is 0.796. The maximum Gasteiger partial charge on any atom is 0.201 e. The molecule has 4 heteroatoms. The van der Waals surface area contributed by atoms with Crippen LogP contribution in [0.25, 0.3) is 0 Å². The average molecular weight is 352 g/mol. The zero-order chi connectivity index (χ0) is 16.8. The highest BCUT2D eigenvalue weighted by Crippen LogP contribution is 2.44. The lowest BCUT2D eigenvalue weighted by atomic mass is 9.92. The van der Waals surface area contributed by atoms with E-state index in [1.165, 1.54) is 29.7 Å². The van der Waals surface area contributed by atoms with Crippen LogP contribution in [0, 0.1) is 5.92 Å². The summed E-state index contributed by atoms with van der Waals surface area (Å²) in [5.41, 5.74) is 3.90. The van der Waals surface area contributed by atoms with E-state index in [0.29, 0.717) is 0 Å². The Balaban J connectivity index is 1.69. The third kappa shape index (κ3) is 2.71. The van der Waals surface area contributed by atoms with Crippen LogP contribution < -0.4 is 4.90 Å². The van der Waals surface area contributed by atoms with E-state index in [4.69, 9.17) is 16.6 Å². The number of halogens is 1. The van der Waals surface area contributed by atoms with E-state index in [9.17, 15) is 0 Å². The van der Waals surface area contributed by atoms with Crippen molar-refractivity contribution in [3.8, 4) is 0 Å². The molecule has 2 aromatic rings. The number of guanidine groups is 1. The summed E-state index contributed by atoms with van der Waals surface area (Å²) in [5, 5.41) is 0.809. The normalized spacial score (nSPS) is 22.3. The Kier molecular flexibility index (Phi) is 3.70. The van der Waals surface area contributed by atoms with Gasteiger partial charge in [0.05, 0.1) is 6.04 Å². The maximum absolute atomic E-state index is 6.40. The third-order valence-electron chi connectivity index (χ3n) is 5.45. The lowest BCUT2D eigenvalue weighted by Gasteiger charge is -2.47. The van der Waals surface area contributed by atoms with Crippen LogP contribution in [-0.4, -0.2) is 30.5 Å². The molecule has 2 aromatic carbocycles. The van der Waals surface area contributed by atoms with Gasteiger partial charge >= 0.3 is 0 Å². The Morgan fingerprint density at radius 3 is 2.72 bits per heavy atom. The minimum absolute atomic E-state index is 0.199. The number of fused-ring (bicyclic) bond motifs is 2. The zero-order valence-corrected chi connectivity index (χ0v) is 15.0. The van der Waals surface area contributed by atoms with Gasteiger partial charge < -0.3 is 9.80 Å². The molecule has 0 aromatic heterocycles. The van der Waals surface area contributed by atoms with E-state index in [2.05, 4.69) is 52.3 Å². The number of anilines is 1. The predicted octanol–water partition coefficient (Wildman–Crippen LogP) is 4.72. The molecular weight excluding hydrogens is 330 g/mol. The summed E-state index contributed by atoms with van der Waals surface area (Å²) in [6.45, 7) is 3.05. The lowest BCUT2D eigenvalue weighted by Crippen LogP contribution is -2.53. The number of nitrogens with zero attached hydrogens (tertiary/aromatic N) is 3. The molecule has 1 fully saturated rings. The summed E-state index contributed by atoms with van der Waals surface area (Å²) < 4.78 is 0. The monoisotopic (exact) mass is 351 g/mol. The van der Waals surface area contributed by atoms with Crippen LogP contribution in [0.3, 0.4) is 0 Å². The first kappa shape index (κ1) is 15.3. The molecular formula is C21H22ClN3. The minimum atomic E-state index is 0.199. The fourth-order valence-corrected chi connectivity index (χ4v) is 4.28. The summed E-state index contributed by atoms with van der Waals surface area (Å²) in [6, 6.07) is 17.3. The Hall–Kier alpha value is -2.00. The van der Waals surface area contributed by atoms with E-state index in [1.54, 1.807) is 0 Å². The van der Waals surface area contributed by atoms with Crippen LogP contribution in [0.1, 0.15) is 36.4 Å². The number of rotatable bonds is 3. The molecule has 25 heavy (non-hydrogen) atoms. The maximum atomic E-state index is 6.40. The van der Waals surface area contributed by atoms with Gasteiger partial charge in [-0.15, -0.1) is 0 Å². The fraction of sp³-hybridized carbons (Fsp3) is 0.381. The molecule has 0 radical (unpaired) electrons. The highest BCUT2D eigenvalue weighted by atomic mass is 35.5. The highest BCUT2D eigenvalue weighted by molar-refractivity contribution is 6.30. The second kappa shape index (κ2) is 6.06. The average Bonchev–Trinajstić information content (AvgIpc) is 3.46. The van der Waals surface area contributed by atoms with Crippen LogP contribution in [-0.2, 0) is 0 Å². The Labute approximate surface area is 153 Å². The van der Waals surface area contributed by atoms with Gasteiger partial charge in [-0.2, -0.15) is 0 Å². The van der Waals surface area contributed by atoms with Gasteiger partial charge in [0.25, 0.3) is 0 Å².